The number of nitrogens with one attached hydrogen (secondary N) is 1. The lowest BCUT2D eigenvalue weighted by Crippen LogP contribution is -2.46. The van der Waals surface area contributed by atoms with Crippen molar-refractivity contribution in [1.29, 1.82) is 0 Å². The van der Waals surface area contributed by atoms with E-state index in [-0.39, 0.29) is 16.9 Å². The first-order valence-electron chi connectivity index (χ1n) is 6.16. The van der Waals surface area contributed by atoms with Crippen LogP contribution in [0.4, 0.5) is 0 Å². The summed E-state index contributed by atoms with van der Waals surface area (Å²) < 4.78 is 12.7. The number of aromatic amines is 1. The minimum Gasteiger partial charge on any atom is -0.394 e. The zero-order valence-electron chi connectivity index (χ0n) is 11.5. The molecule has 20 heavy (non-hydrogen) atoms. The molecule has 1 fully saturated rings. The second-order valence-corrected chi connectivity index (χ2v) is 5.41. The fourth-order valence-electron chi connectivity index (χ4n) is 2.36. The van der Waals surface area contributed by atoms with Crippen molar-refractivity contribution in [3.05, 3.63) is 26.9 Å². The number of nitrogens with zero attached hydrogens (tertiary/aromatic N) is 1. The van der Waals surface area contributed by atoms with Crippen LogP contribution in [0, 0.1) is 11.7 Å². The number of aliphatic hydroxyl groups is 2. The van der Waals surface area contributed by atoms with Gasteiger partial charge in [-0.15, -0.1) is 0 Å². The van der Waals surface area contributed by atoms with Crippen LogP contribution in [0.25, 0.3) is 0 Å². The third-order valence-electron chi connectivity index (χ3n) is 3.75. The van der Waals surface area contributed by atoms with Crippen molar-refractivity contribution in [1.82, 2.24) is 9.55 Å². The zero-order valence-corrected chi connectivity index (χ0v) is 12.3. The summed E-state index contributed by atoms with van der Waals surface area (Å²) in [5.41, 5.74) is -0.902. The Bertz CT molecular complexity index is 613. The van der Waals surface area contributed by atoms with Gasteiger partial charge in [-0.2, -0.15) is 0 Å². The number of aromatic nitrogens is 2. The number of hydrogen-bond donors (Lipinski definition) is 3. The predicted molar refractivity (Wildman–Crippen MR) is 73.0 cm³/mol. The van der Waals surface area contributed by atoms with E-state index in [0.717, 1.165) is 0 Å². The molecule has 112 valence electrons. The molecule has 0 saturated carbocycles. The van der Waals surface area contributed by atoms with Crippen molar-refractivity contribution in [2.75, 3.05) is 13.7 Å². The molecule has 2 unspecified atom stereocenters. The average molecular weight is 302 g/mol. The first-order chi connectivity index (χ1) is 9.35. The highest BCUT2D eigenvalue weighted by molar-refractivity contribution is 7.71. The number of aryl methyl sites for hydroxylation is 1. The van der Waals surface area contributed by atoms with Gasteiger partial charge in [0.15, 0.2) is 11.0 Å². The Morgan fingerprint density at radius 3 is 2.85 bits per heavy atom. The monoisotopic (exact) mass is 302 g/mol. The van der Waals surface area contributed by atoms with Gasteiger partial charge in [-0.1, -0.05) is 0 Å². The number of ether oxygens (including phenoxy) is 2. The van der Waals surface area contributed by atoms with Gasteiger partial charge < -0.3 is 19.7 Å². The molecule has 1 aliphatic rings. The molecule has 1 saturated heterocycles. The Labute approximate surface area is 120 Å². The van der Waals surface area contributed by atoms with Gasteiger partial charge in [0.1, 0.15) is 17.8 Å². The Morgan fingerprint density at radius 2 is 2.30 bits per heavy atom. The lowest BCUT2D eigenvalue weighted by Gasteiger charge is -2.32. The number of aliphatic hydroxyl groups excluding tert-OH is 2. The van der Waals surface area contributed by atoms with Crippen LogP contribution in [-0.4, -0.2) is 51.3 Å². The zero-order chi connectivity index (χ0) is 15.1. The van der Waals surface area contributed by atoms with Crippen LogP contribution in [-0.2, 0) is 9.47 Å². The number of hydrogen-bond acceptors (Lipinski definition) is 6. The van der Waals surface area contributed by atoms with Gasteiger partial charge in [-0.25, -0.2) is 0 Å². The number of methoxy groups -OCH3 is 1. The van der Waals surface area contributed by atoms with E-state index in [1.54, 1.807) is 20.0 Å². The van der Waals surface area contributed by atoms with Gasteiger partial charge in [0.2, 0.25) is 0 Å². The highest BCUT2D eigenvalue weighted by Crippen LogP contribution is 2.40. The molecule has 2 heterocycles. The summed E-state index contributed by atoms with van der Waals surface area (Å²) in [6.45, 7) is 2.97. The van der Waals surface area contributed by atoms with Gasteiger partial charge in [0, 0.05) is 18.9 Å². The second kappa shape index (κ2) is 5.38. The summed E-state index contributed by atoms with van der Waals surface area (Å²) in [5.74, 6) is 0. The van der Waals surface area contributed by atoms with E-state index >= 15 is 0 Å². The minimum absolute atomic E-state index is 0.166. The maximum atomic E-state index is 11.5. The van der Waals surface area contributed by atoms with E-state index in [1.165, 1.54) is 11.7 Å². The van der Waals surface area contributed by atoms with E-state index in [4.69, 9.17) is 21.7 Å². The summed E-state index contributed by atoms with van der Waals surface area (Å²) in [6, 6.07) is 0. The van der Waals surface area contributed by atoms with Gasteiger partial charge in [0.25, 0.3) is 5.56 Å². The van der Waals surface area contributed by atoms with Crippen molar-refractivity contribution >= 4 is 12.2 Å². The highest BCUT2D eigenvalue weighted by atomic mass is 32.1. The summed E-state index contributed by atoms with van der Waals surface area (Å²) in [4.78, 5) is 14.1. The van der Waals surface area contributed by atoms with Crippen LogP contribution in [0.2, 0.25) is 0 Å². The molecule has 0 amide bonds. The lowest BCUT2D eigenvalue weighted by molar-refractivity contribution is -0.121. The second-order valence-electron chi connectivity index (χ2n) is 5.02. The molecule has 0 spiro atoms. The van der Waals surface area contributed by atoms with Crippen LogP contribution < -0.4 is 5.56 Å². The predicted octanol–water partition coefficient (Wildman–Crippen LogP) is -0.130. The lowest BCUT2D eigenvalue weighted by atomic mass is 9.96. The molecule has 2 rings (SSSR count). The summed E-state index contributed by atoms with van der Waals surface area (Å²) in [6.07, 6.45) is -0.992. The number of H-pyrrole nitrogens is 1. The molecule has 0 bridgehead atoms. The van der Waals surface area contributed by atoms with Crippen molar-refractivity contribution in [3.63, 3.8) is 0 Å². The molecule has 7 nitrogen and oxygen atoms in total. The third kappa shape index (κ3) is 2.23. The van der Waals surface area contributed by atoms with E-state index < -0.39 is 24.0 Å². The van der Waals surface area contributed by atoms with E-state index in [9.17, 15) is 15.0 Å². The molecule has 1 aromatic heterocycles. The van der Waals surface area contributed by atoms with Gasteiger partial charge in [0.05, 0.1) is 6.61 Å². The summed E-state index contributed by atoms with van der Waals surface area (Å²) in [5, 5.41) is 19.5. The summed E-state index contributed by atoms with van der Waals surface area (Å²) >= 11 is 5.13. The maximum absolute atomic E-state index is 11.5. The van der Waals surface area contributed by atoms with Crippen LogP contribution in [0.1, 0.15) is 18.7 Å². The number of rotatable bonds is 3. The Hall–Kier alpha value is -1.06. The Kier molecular flexibility index (Phi) is 4.12. The molecule has 0 aromatic carbocycles. The van der Waals surface area contributed by atoms with Crippen LogP contribution in [0.3, 0.4) is 0 Å². The van der Waals surface area contributed by atoms with Crippen molar-refractivity contribution in [2.45, 2.75) is 37.9 Å². The van der Waals surface area contributed by atoms with Crippen LogP contribution >= 0.6 is 12.2 Å². The fraction of sp³-hybridized carbons (Fsp3) is 0.667. The third-order valence-corrected chi connectivity index (χ3v) is 4.06. The normalized spacial score (nSPS) is 33.5. The first kappa shape index (κ1) is 15.3. The summed E-state index contributed by atoms with van der Waals surface area (Å²) in [7, 11) is 1.45. The maximum Gasteiger partial charge on any atom is 0.254 e. The van der Waals surface area contributed by atoms with Crippen molar-refractivity contribution in [2.24, 2.45) is 0 Å². The molecular formula is C12H18N2O5S. The largest absolute Gasteiger partial charge is 0.394 e. The van der Waals surface area contributed by atoms with Crippen LogP contribution in [0.5, 0.6) is 0 Å². The van der Waals surface area contributed by atoms with Crippen molar-refractivity contribution in [3.8, 4) is 0 Å². The smallest absolute Gasteiger partial charge is 0.254 e. The molecule has 1 aliphatic heterocycles. The fourth-order valence-corrected chi connectivity index (χ4v) is 2.60. The highest BCUT2D eigenvalue weighted by Gasteiger charge is 2.54. The topological polar surface area (TPSA) is 96.7 Å². The molecule has 8 heteroatoms. The van der Waals surface area contributed by atoms with Crippen molar-refractivity contribution < 1.29 is 19.7 Å². The molecule has 3 N–H and O–H groups in total. The van der Waals surface area contributed by atoms with E-state index in [2.05, 4.69) is 4.98 Å². The minimum atomic E-state index is -1.09. The molecule has 0 aliphatic carbocycles. The quantitative estimate of drug-likeness (QED) is 0.673. The molecule has 1 aromatic rings. The van der Waals surface area contributed by atoms with Gasteiger partial charge >= 0.3 is 0 Å². The van der Waals surface area contributed by atoms with Gasteiger partial charge in [-0.05, 0) is 26.1 Å². The SMILES string of the molecule is COC1(C)C(O)[C@@H](CO)O[C@H]1n1cc(C)c(=O)[nH]c1=S. The van der Waals surface area contributed by atoms with Gasteiger partial charge in [-0.3, -0.25) is 14.3 Å². The van der Waals surface area contributed by atoms with E-state index in [0.29, 0.717) is 5.56 Å². The van der Waals surface area contributed by atoms with E-state index in [1.807, 2.05) is 0 Å². The molecule has 4 atom stereocenters. The first-order valence-corrected chi connectivity index (χ1v) is 6.57. The molecule has 0 radical (unpaired) electrons. The Balaban J connectivity index is 2.54. The standard InChI is InChI=1S/C12H18N2O5S/c1-6-4-14(11(20)13-9(6)17)10-12(2,18-3)8(16)7(5-15)19-10/h4,7-8,10,15-16H,5H2,1-3H3,(H,13,17,20)/t7-,8?,10-,12?/m1/s1. The Morgan fingerprint density at radius 1 is 1.65 bits per heavy atom. The molecular weight excluding hydrogens is 284 g/mol. The average Bonchev–Trinajstić information content (AvgIpc) is 2.67. The van der Waals surface area contributed by atoms with Crippen LogP contribution in [0.15, 0.2) is 11.0 Å².